The number of carbonyl (C=O) groups is 1. The Balaban J connectivity index is 1.75. The van der Waals surface area contributed by atoms with Crippen molar-refractivity contribution in [1.29, 1.82) is 0 Å². The summed E-state index contributed by atoms with van der Waals surface area (Å²) in [5, 5.41) is 4.38. The van der Waals surface area contributed by atoms with E-state index in [2.05, 4.69) is 5.10 Å². The Morgan fingerprint density at radius 2 is 2.04 bits per heavy atom. The van der Waals surface area contributed by atoms with Crippen molar-refractivity contribution >= 4 is 5.78 Å². The fourth-order valence-corrected chi connectivity index (χ4v) is 3.48. The Morgan fingerprint density at radius 3 is 2.80 bits per heavy atom. The molecule has 0 radical (unpaired) electrons. The van der Waals surface area contributed by atoms with Gasteiger partial charge in [-0.1, -0.05) is 30.3 Å². The van der Waals surface area contributed by atoms with Crippen LogP contribution in [0, 0.1) is 0 Å². The summed E-state index contributed by atoms with van der Waals surface area (Å²) in [7, 11) is 0. The molecule has 0 unspecified atom stereocenters. The van der Waals surface area contributed by atoms with Gasteiger partial charge in [-0.2, -0.15) is 5.10 Å². The van der Waals surface area contributed by atoms with Crippen molar-refractivity contribution in [3.63, 3.8) is 0 Å². The van der Waals surface area contributed by atoms with Crippen LogP contribution in [0.3, 0.4) is 0 Å². The van der Waals surface area contributed by atoms with E-state index in [-0.39, 0.29) is 11.3 Å². The van der Waals surface area contributed by atoms with Crippen LogP contribution in [0.25, 0.3) is 11.1 Å². The maximum Gasteiger partial charge on any atom is 0.258 e. The van der Waals surface area contributed by atoms with Gasteiger partial charge in [-0.15, -0.1) is 0 Å². The van der Waals surface area contributed by atoms with Crippen LogP contribution in [0.2, 0.25) is 0 Å². The van der Waals surface area contributed by atoms with Gasteiger partial charge in [0.25, 0.3) is 5.56 Å². The number of benzene rings is 1. The van der Waals surface area contributed by atoms with Crippen molar-refractivity contribution < 1.29 is 4.79 Å². The molecule has 0 bridgehead atoms. The fourth-order valence-electron chi connectivity index (χ4n) is 3.48. The zero-order valence-corrected chi connectivity index (χ0v) is 14.1. The molecule has 1 aromatic carbocycles. The predicted octanol–water partition coefficient (Wildman–Crippen LogP) is 2.91. The number of hydrogen-bond acceptors (Lipinski definition) is 3. The molecule has 25 heavy (non-hydrogen) atoms. The third-order valence-corrected chi connectivity index (χ3v) is 4.71. The highest BCUT2D eigenvalue weighted by Crippen LogP contribution is 2.23. The molecule has 0 N–H and O–H groups in total. The molecule has 4 rings (SSSR count). The summed E-state index contributed by atoms with van der Waals surface area (Å²) in [6.07, 6.45) is 5.27. The first kappa shape index (κ1) is 15.6. The van der Waals surface area contributed by atoms with Crippen LogP contribution in [0.15, 0.2) is 53.6 Å². The average molecular weight is 333 g/mol. The second kappa shape index (κ2) is 6.16. The van der Waals surface area contributed by atoms with Crippen LogP contribution in [0.5, 0.6) is 0 Å². The summed E-state index contributed by atoms with van der Waals surface area (Å²) in [5.74, 6) is 0.00331. The Hall–Kier alpha value is -2.95. The van der Waals surface area contributed by atoms with E-state index in [0.717, 1.165) is 29.7 Å². The van der Waals surface area contributed by atoms with Crippen LogP contribution in [-0.2, 0) is 19.5 Å². The first-order chi connectivity index (χ1) is 12.1. The molecule has 3 heterocycles. The summed E-state index contributed by atoms with van der Waals surface area (Å²) in [4.78, 5) is 24.8. The van der Waals surface area contributed by atoms with Crippen molar-refractivity contribution in [2.75, 3.05) is 0 Å². The van der Waals surface area contributed by atoms with E-state index in [9.17, 15) is 9.59 Å². The molecule has 0 aliphatic carbocycles. The quantitative estimate of drug-likeness (QED) is 0.690. The maximum atomic E-state index is 12.8. The van der Waals surface area contributed by atoms with E-state index >= 15 is 0 Å². The van der Waals surface area contributed by atoms with Gasteiger partial charge in [-0.05, 0) is 31.4 Å². The van der Waals surface area contributed by atoms with Gasteiger partial charge in [0, 0.05) is 29.6 Å². The van der Waals surface area contributed by atoms with E-state index in [1.54, 1.807) is 23.8 Å². The summed E-state index contributed by atoms with van der Waals surface area (Å²) in [6.45, 7) is 2.88. The number of ketones is 1. The number of fused-ring (bicyclic) bond motifs is 1. The number of pyridine rings is 1. The van der Waals surface area contributed by atoms with Crippen molar-refractivity contribution in [2.45, 2.75) is 32.9 Å². The molecule has 0 saturated heterocycles. The molecule has 0 saturated carbocycles. The largest absolute Gasteiger partial charge is 0.311 e. The van der Waals surface area contributed by atoms with Gasteiger partial charge in [0.1, 0.15) is 0 Å². The molecule has 0 spiro atoms. The van der Waals surface area contributed by atoms with Gasteiger partial charge >= 0.3 is 0 Å². The molecule has 1 aliphatic heterocycles. The van der Waals surface area contributed by atoms with Gasteiger partial charge in [-0.3, -0.25) is 14.3 Å². The van der Waals surface area contributed by atoms with Gasteiger partial charge < -0.3 is 4.57 Å². The molecule has 3 aromatic rings. The van der Waals surface area contributed by atoms with Crippen molar-refractivity contribution in [2.24, 2.45) is 0 Å². The van der Waals surface area contributed by atoms with Crippen LogP contribution in [0.1, 0.15) is 35.0 Å². The Kier molecular flexibility index (Phi) is 3.84. The molecular formula is C20H19N3O2. The third kappa shape index (κ3) is 2.82. The first-order valence-corrected chi connectivity index (χ1v) is 8.48. The van der Waals surface area contributed by atoms with Gasteiger partial charge in [0.05, 0.1) is 18.3 Å². The van der Waals surface area contributed by atoms with Crippen LogP contribution in [-0.4, -0.2) is 20.1 Å². The van der Waals surface area contributed by atoms with E-state index < -0.39 is 0 Å². The summed E-state index contributed by atoms with van der Waals surface area (Å²) in [5.41, 5.74) is 3.95. The van der Waals surface area contributed by atoms with Crippen LogP contribution < -0.4 is 5.56 Å². The molecule has 0 amide bonds. The lowest BCUT2D eigenvalue weighted by Crippen LogP contribution is -2.23. The van der Waals surface area contributed by atoms with E-state index in [4.69, 9.17) is 0 Å². The second-order valence-corrected chi connectivity index (χ2v) is 6.45. The fraction of sp³-hybridized carbons (Fsp3) is 0.250. The summed E-state index contributed by atoms with van der Waals surface area (Å²) >= 11 is 0. The highest BCUT2D eigenvalue weighted by Gasteiger charge is 2.22. The second-order valence-electron chi connectivity index (χ2n) is 6.45. The lowest BCUT2D eigenvalue weighted by atomic mass is 10.0. The number of Topliss-reactive ketones (excluding diaryl/α,β-unsaturated/α-hetero) is 1. The minimum absolute atomic E-state index is 0.00331. The Bertz CT molecular complexity index is 1000. The molecule has 0 atom stereocenters. The molecular weight excluding hydrogens is 314 g/mol. The van der Waals surface area contributed by atoms with Crippen LogP contribution in [0.4, 0.5) is 0 Å². The average Bonchev–Trinajstić information content (AvgIpc) is 3.26. The first-order valence-electron chi connectivity index (χ1n) is 8.48. The monoisotopic (exact) mass is 333 g/mol. The Morgan fingerprint density at radius 1 is 1.24 bits per heavy atom. The lowest BCUT2D eigenvalue weighted by Gasteiger charge is -2.10. The molecule has 1 aliphatic rings. The van der Waals surface area contributed by atoms with Crippen molar-refractivity contribution in [3.8, 4) is 11.1 Å². The smallest absolute Gasteiger partial charge is 0.258 e. The number of nitrogens with zero attached hydrogens (tertiary/aromatic N) is 3. The molecule has 2 aromatic heterocycles. The predicted molar refractivity (Wildman–Crippen MR) is 95.8 cm³/mol. The van der Waals surface area contributed by atoms with Crippen LogP contribution >= 0.6 is 0 Å². The van der Waals surface area contributed by atoms with Crippen molar-refractivity contribution in [1.82, 2.24) is 14.3 Å². The molecule has 126 valence electrons. The molecule has 0 fully saturated rings. The zero-order chi connectivity index (χ0) is 17.4. The molecule has 5 nitrogen and oxygen atoms in total. The van der Waals surface area contributed by atoms with Gasteiger partial charge in [-0.25, -0.2) is 0 Å². The minimum Gasteiger partial charge on any atom is -0.311 e. The number of aromatic nitrogens is 3. The summed E-state index contributed by atoms with van der Waals surface area (Å²) in [6, 6.07) is 11.8. The highest BCUT2D eigenvalue weighted by atomic mass is 16.1. The molecule has 5 heteroatoms. The normalized spacial score (nSPS) is 13.0. The van der Waals surface area contributed by atoms with Crippen molar-refractivity contribution in [3.05, 3.63) is 76.0 Å². The third-order valence-electron chi connectivity index (χ3n) is 4.71. The SMILES string of the molecule is CC(=O)c1cc(-c2cnn(Cc3ccccc3)c2)c(=O)n2c1CCC2. The standard InChI is InChI=1S/C20H19N3O2/c1-14(24)17-10-18(20(25)23-9-5-8-19(17)23)16-11-21-22(13-16)12-15-6-3-2-4-7-15/h2-4,6-7,10-11,13H,5,8-9,12H2,1H3. The zero-order valence-electron chi connectivity index (χ0n) is 14.1. The van der Waals surface area contributed by atoms with Gasteiger partial charge in [0.15, 0.2) is 5.78 Å². The minimum atomic E-state index is -0.0308. The Labute approximate surface area is 145 Å². The van der Waals surface area contributed by atoms with E-state index in [1.165, 1.54) is 0 Å². The van der Waals surface area contributed by atoms with Gasteiger partial charge in [0.2, 0.25) is 0 Å². The van der Waals surface area contributed by atoms with E-state index in [0.29, 0.717) is 24.2 Å². The number of carbonyl (C=O) groups excluding carboxylic acids is 1. The number of rotatable bonds is 4. The number of hydrogen-bond donors (Lipinski definition) is 0. The van der Waals surface area contributed by atoms with E-state index in [1.807, 2.05) is 41.2 Å². The maximum absolute atomic E-state index is 12.8. The lowest BCUT2D eigenvalue weighted by molar-refractivity contribution is 0.101. The highest BCUT2D eigenvalue weighted by molar-refractivity contribution is 5.96. The topological polar surface area (TPSA) is 56.9 Å². The summed E-state index contributed by atoms with van der Waals surface area (Å²) < 4.78 is 3.57.